The molecule has 2 amide bonds. The third kappa shape index (κ3) is 7.35. The van der Waals surface area contributed by atoms with Gasteiger partial charge in [0.05, 0.1) is 12.6 Å². The number of ether oxygens (including phenoxy) is 3. The topological polar surface area (TPSA) is 103 Å². The number of carbonyl (C=O) groups is 2. The summed E-state index contributed by atoms with van der Waals surface area (Å²) in [6, 6.07) is 3.65. The number of amides is 2. The molecule has 2 aromatic rings. The maximum atomic E-state index is 13.4. The third-order valence-corrected chi connectivity index (χ3v) is 6.20. The highest BCUT2D eigenvalue weighted by molar-refractivity contribution is 5.94. The van der Waals surface area contributed by atoms with E-state index in [0.717, 1.165) is 32.1 Å². The van der Waals surface area contributed by atoms with Gasteiger partial charge in [-0.1, -0.05) is 0 Å². The van der Waals surface area contributed by atoms with E-state index in [2.05, 4.69) is 15.0 Å². The Labute approximate surface area is 220 Å². The molecule has 1 N–H and O–H groups in total. The fourth-order valence-electron chi connectivity index (χ4n) is 4.14. The molecule has 0 spiro atoms. The molecule has 2 fully saturated rings. The van der Waals surface area contributed by atoms with Crippen LogP contribution in [0.15, 0.2) is 22.6 Å². The zero-order valence-electron chi connectivity index (χ0n) is 22.2. The van der Waals surface area contributed by atoms with Crippen molar-refractivity contribution in [2.75, 3.05) is 19.7 Å². The van der Waals surface area contributed by atoms with E-state index in [1.54, 1.807) is 32.6 Å². The van der Waals surface area contributed by atoms with Crippen LogP contribution in [0.2, 0.25) is 0 Å². The van der Waals surface area contributed by atoms with Crippen LogP contribution in [-0.4, -0.2) is 53.8 Å². The third-order valence-electron chi connectivity index (χ3n) is 6.20. The lowest BCUT2D eigenvalue weighted by Gasteiger charge is -2.26. The van der Waals surface area contributed by atoms with Crippen molar-refractivity contribution in [1.29, 1.82) is 0 Å². The monoisotopic (exact) mass is 535 g/mol. The molecular formula is C27H35F2N3O6. The van der Waals surface area contributed by atoms with Crippen molar-refractivity contribution in [3.8, 4) is 23.0 Å². The molecule has 1 aromatic carbocycles. The maximum absolute atomic E-state index is 13.4. The van der Waals surface area contributed by atoms with Crippen molar-refractivity contribution in [2.45, 2.75) is 78.1 Å². The Bertz CT molecular complexity index is 1140. The Balaban J connectivity index is 1.66. The second-order valence-corrected chi connectivity index (χ2v) is 10.7. The van der Waals surface area contributed by atoms with Crippen LogP contribution >= 0.6 is 0 Å². The van der Waals surface area contributed by atoms with E-state index >= 15 is 0 Å². The number of alkyl halides is 2. The van der Waals surface area contributed by atoms with E-state index in [-0.39, 0.29) is 34.8 Å². The van der Waals surface area contributed by atoms with Gasteiger partial charge in [-0.05, 0) is 83.9 Å². The van der Waals surface area contributed by atoms with E-state index in [1.807, 2.05) is 0 Å². The molecule has 1 aliphatic heterocycles. The quantitative estimate of drug-likeness (QED) is 0.424. The molecule has 1 saturated heterocycles. The van der Waals surface area contributed by atoms with Gasteiger partial charge in [0.2, 0.25) is 5.89 Å². The molecule has 1 unspecified atom stereocenters. The van der Waals surface area contributed by atoms with Crippen molar-refractivity contribution < 1.29 is 37.0 Å². The molecule has 2 heterocycles. The maximum Gasteiger partial charge on any atom is 0.408 e. The van der Waals surface area contributed by atoms with Crippen LogP contribution in [0.25, 0.3) is 11.5 Å². The molecule has 2 aliphatic rings. The smallest absolute Gasteiger partial charge is 0.408 e. The Hall–Kier alpha value is -3.37. The van der Waals surface area contributed by atoms with Gasteiger partial charge < -0.3 is 28.8 Å². The predicted octanol–water partition coefficient (Wildman–Crippen LogP) is 5.94. The van der Waals surface area contributed by atoms with E-state index in [0.29, 0.717) is 31.2 Å². The van der Waals surface area contributed by atoms with Crippen molar-refractivity contribution in [3.63, 3.8) is 0 Å². The largest absolute Gasteiger partial charge is 0.489 e. The van der Waals surface area contributed by atoms with Crippen molar-refractivity contribution in [1.82, 2.24) is 15.2 Å². The normalized spacial score (nSPS) is 16.8. The van der Waals surface area contributed by atoms with Crippen molar-refractivity contribution >= 4 is 12.0 Å². The number of aromatic nitrogens is 1. The number of rotatable bonds is 9. The van der Waals surface area contributed by atoms with Crippen LogP contribution < -0.4 is 14.8 Å². The van der Waals surface area contributed by atoms with Gasteiger partial charge in [-0.3, -0.25) is 4.79 Å². The van der Waals surface area contributed by atoms with Gasteiger partial charge in [0, 0.05) is 18.7 Å². The standard InChI is InChI=1S/C27H35F2N3O6/c1-16(30-26(34)38-27(2,3)4)22-21(24(33)32-12-6-5-7-13-32)31-23(37-22)18-10-11-19(36-25(28)29)20(14-18)35-15-17-8-9-17/h10-11,14,16-17,25H,5-9,12-13,15H2,1-4H3,(H,30,34). The minimum atomic E-state index is -3.01. The highest BCUT2D eigenvalue weighted by atomic mass is 19.3. The summed E-state index contributed by atoms with van der Waals surface area (Å²) in [5.41, 5.74) is -0.207. The summed E-state index contributed by atoms with van der Waals surface area (Å²) >= 11 is 0. The first kappa shape index (κ1) is 27.7. The first-order chi connectivity index (χ1) is 18.0. The zero-order chi connectivity index (χ0) is 27.4. The van der Waals surface area contributed by atoms with Gasteiger partial charge in [0.1, 0.15) is 5.60 Å². The van der Waals surface area contributed by atoms with Gasteiger partial charge in [0.15, 0.2) is 23.0 Å². The van der Waals surface area contributed by atoms with Gasteiger partial charge in [-0.25, -0.2) is 9.78 Å². The summed E-state index contributed by atoms with van der Waals surface area (Å²) in [7, 11) is 0. The first-order valence-corrected chi connectivity index (χ1v) is 13.0. The van der Waals surface area contributed by atoms with E-state index in [4.69, 9.17) is 13.9 Å². The number of halogens is 2. The number of hydrogen-bond acceptors (Lipinski definition) is 7. The molecular weight excluding hydrogens is 500 g/mol. The number of nitrogens with one attached hydrogen (secondary N) is 1. The summed E-state index contributed by atoms with van der Waals surface area (Å²) in [4.78, 5) is 32.1. The minimum Gasteiger partial charge on any atom is -0.489 e. The fourth-order valence-corrected chi connectivity index (χ4v) is 4.14. The molecule has 9 nitrogen and oxygen atoms in total. The lowest BCUT2D eigenvalue weighted by atomic mass is 10.1. The molecule has 208 valence electrons. The average molecular weight is 536 g/mol. The van der Waals surface area contributed by atoms with Crippen LogP contribution in [0.5, 0.6) is 11.5 Å². The number of piperidine rings is 1. The van der Waals surface area contributed by atoms with Crippen LogP contribution in [0.3, 0.4) is 0 Å². The lowest BCUT2D eigenvalue weighted by molar-refractivity contribution is -0.0515. The van der Waals surface area contributed by atoms with E-state index in [9.17, 15) is 18.4 Å². The van der Waals surface area contributed by atoms with Crippen molar-refractivity contribution in [2.24, 2.45) is 5.92 Å². The molecule has 0 radical (unpaired) electrons. The summed E-state index contributed by atoms with van der Waals surface area (Å²) in [5, 5.41) is 2.70. The first-order valence-electron chi connectivity index (χ1n) is 13.0. The second-order valence-electron chi connectivity index (χ2n) is 10.7. The van der Waals surface area contributed by atoms with E-state index < -0.39 is 24.3 Å². The SMILES string of the molecule is CC(NC(=O)OC(C)(C)C)c1oc(-c2ccc(OC(F)F)c(OCC3CC3)c2)nc1C(=O)N1CCCCC1. The molecule has 1 aromatic heterocycles. The number of hydrogen-bond donors (Lipinski definition) is 1. The molecule has 38 heavy (non-hydrogen) atoms. The number of nitrogens with zero attached hydrogens (tertiary/aromatic N) is 2. The lowest BCUT2D eigenvalue weighted by Crippen LogP contribution is -2.37. The van der Waals surface area contributed by atoms with Gasteiger partial charge in [-0.15, -0.1) is 0 Å². The number of oxazole rings is 1. The molecule has 1 atom stereocenters. The molecule has 1 saturated carbocycles. The van der Waals surface area contributed by atoms with Crippen LogP contribution in [0, 0.1) is 5.92 Å². The Morgan fingerprint density at radius 1 is 1.16 bits per heavy atom. The summed E-state index contributed by atoms with van der Waals surface area (Å²) < 4.78 is 47.7. The number of benzene rings is 1. The Morgan fingerprint density at radius 3 is 2.50 bits per heavy atom. The molecule has 4 rings (SSSR count). The minimum absolute atomic E-state index is 0.0822. The summed E-state index contributed by atoms with van der Waals surface area (Å²) in [6.45, 7) is 5.50. The molecule has 1 aliphatic carbocycles. The van der Waals surface area contributed by atoms with Crippen molar-refractivity contribution in [3.05, 3.63) is 29.7 Å². The number of carbonyl (C=O) groups excluding carboxylic acids is 2. The van der Waals surface area contributed by atoms with Crippen LogP contribution in [0.1, 0.15) is 82.1 Å². The van der Waals surface area contributed by atoms with Gasteiger partial charge >= 0.3 is 12.7 Å². The second kappa shape index (κ2) is 11.6. The summed E-state index contributed by atoms with van der Waals surface area (Å²) in [5.74, 6) is 0.405. The van der Waals surface area contributed by atoms with Crippen LogP contribution in [0.4, 0.5) is 13.6 Å². The van der Waals surface area contributed by atoms with Gasteiger partial charge in [0.25, 0.3) is 5.91 Å². The molecule has 0 bridgehead atoms. The fraction of sp³-hybridized carbons (Fsp3) is 0.593. The number of alkyl carbamates (subject to hydrolysis) is 1. The average Bonchev–Trinajstić information content (AvgIpc) is 3.57. The summed E-state index contributed by atoms with van der Waals surface area (Å²) in [6.07, 6.45) is 4.23. The van der Waals surface area contributed by atoms with E-state index in [1.165, 1.54) is 18.2 Å². The predicted molar refractivity (Wildman–Crippen MR) is 134 cm³/mol. The molecule has 11 heteroatoms. The highest BCUT2D eigenvalue weighted by Crippen LogP contribution is 2.37. The zero-order valence-corrected chi connectivity index (χ0v) is 22.2. The number of likely N-dealkylation sites (tertiary alicyclic amines) is 1. The van der Waals surface area contributed by atoms with Crippen LogP contribution in [-0.2, 0) is 4.74 Å². The van der Waals surface area contributed by atoms with Gasteiger partial charge in [-0.2, -0.15) is 8.78 Å². The highest BCUT2D eigenvalue weighted by Gasteiger charge is 2.31. The Morgan fingerprint density at radius 2 is 1.87 bits per heavy atom. The Kier molecular flexibility index (Phi) is 8.42.